The number of ketones is 1. The van der Waals surface area contributed by atoms with Crippen molar-refractivity contribution < 1.29 is 4.79 Å². The van der Waals surface area contributed by atoms with E-state index in [9.17, 15) is 4.79 Å². The molecular formula is C19H17N3O. The predicted octanol–water partition coefficient (Wildman–Crippen LogP) is 3.15. The number of nitrogens with zero attached hydrogens (tertiary/aromatic N) is 3. The van der Waals surface area contributed by atoms with Crippen molar-refractivity contribution in [3.8, 4) is 11.8 Å². The van der Waals surface area contributed by atoms with Gasteiger partial charge < -0.3 is 8.97 Å². The lowest BCUT2D eigenvalue weighted by Gasteiger charge is -2.29. The zero-order valence-corrected chi connectivity index (χ0v) is 13.2. The number of fused-ring (bicyclic) bond motifs is 2. The number of hydrogen-bond donors (Lipinski definition) is 0. The molecule has 0 aliphatic carbocycles. The fourth-order valence-corrected chi connectivity index (χ4v) is 2.95. The molecule has 0 unspecified atom stereocenters. The van der Waals surface area contributed by atoms with Crippen molar-refractivity contribution in [1.82, 2.24) is 14.0 Å². The van der Waals surface area contributed by atoms with Gasteiger partial charge in [-0.1, -0.05) is 25.8 Å². The number of carbonyl (C=O) groups excluding carboxylic acids is 1. The molecule has 1 aliphatic heterocycles. The molecule has 4 nitrogen and oxygen atoms in total. The third kappa shape index (κ3) is 2.35. The van der Waals surface area contributed by atoms with Gasteiger partial charge in [0.25, 0.3) is 0 Å². The Kier molecular flexibility index (Phi) is 2.92. The lowest BCUT2D eigenvalue weighted by molar-refractivity contribution is 0.0779. The van der Waals surface area contributed by atoms with Gasteiger partial charge in [-0.25, -0.2) is 4.98 Å². The summed E-state index contributed by atoms with van der Waals surface area (Å²) in [5.74, 6) is 6.42. The van der Waals surface area contributed by atoms with Crippen molar-refractivity contribution in [3.05, 3.63) is 59.8 Å². The molecule has 0 atom stereocenters. The second-order valence-electron chi connectivity index (χ2n) is 6.61. The summed E-state index contributed by atoms with van der Waals surface area (Å²) in [4.78, 5) is 16.9. The van der Waals surface area contributed by atoms with Crippen LogP contribution in [0, 0.1) is 17.3 Å². The maximum absolute atomic E-state index is 12.5. The molecule has 4 heterocycles. The molecule has 0 N–H and O–H groups in total. The highest BCUT2D eigenvalue weighted by Gasteiger charge is 2.34. The molecule has 0 spiro atoms. The van der Waals surface area contributed by atoms with Gasteiger partial charge in [-0.15, -0.1) is 0 Å². The largest absolute Gasteiger partial charge is 0.344 e. The van der Waals surface area contributed by atoms with E-state index >= 15 is 0 Å². The molecule has 3 aromatic heterocycles. The van der Waals surface area contributed by atoms with Gasteiger partial charge in [0.15, 0.2) is 5.78 Å². The summed E-state index contributed by atoms with van der Waals surface area (Å²) in [6.45, 7) is 4.88. The first-order chi connectivity index (χ1) is 11.0. The van der Waals surface area contributed by atoms with Gasteiger partial charge in [0.1, 0.15) is 11.3 Å². The monoisotopic (exact) mass is 303 g/mol. The molecule has 1 aliphatic rings. The lowest BCUT2D eigenvalue weighted by atomic mass is 9.81. The van der Waals surface area contributed by atoms with E-state index in [0.717, 1.165) is 35.6 Å². The number of rotatable bonds is 0. The zero-order valence-electron chi connectivity index (χ0n) is 13.2. The molecular weight excluding hydrogens is 286 g/mol. The molecule has 23 heavy (non-hydrogen) atoms. The quantitative estimate of drug-likeness (QED) is 0.598. The second-order valence-corrected chi connectivity index (χ2v) is 6.61. The van der Waals surface area contributed by atoms with Crippen LogP contribution in [0.25, 0.3) is 5.65 Å². The average molecular weight is 303 g/mol. The van der Waals surface area contributed by atoms with E-state index in [1.165, 1.54) is 0 Å². The van der Waals surface area contributed by atoms with Crippen LogP contribution < -0.4 is 0 Å². The molecule has 0 saturated carbocycles. The average Bonchev–Trinajstić information content (AvgIpc) is 3.13. The minimum absolute atomic E-state index is 0.199. The van der Waals surface area contributed by atoms with E-state index in [4.69, 9.17) is 0 Å². The highest BCUT2D eigenvalue weighted by atomic mass is 16.1. The minimum Gasteiger partial charge on any atom is -0.344 e. The molecule has 4 rings (SSSR count). The number of hydrogen-bond acceptors (Lipinski definition) is 2. The Hall–Kier alpha value is -2.80. The summed E-state index contributed by atoms with van der Waals surface area (Å²) in [7, 11) is 0. The first kappa shape index (κ1) is 13.8. The van der Waals surface area contributed by atoms with Crippen molar-refractivity contribution in [2.24, 2.45) is 5.41 Å². The SMILES string of the molecule is CC1(C)CCn2cc(C#Cc3cn4ccccc4n3)cc2C1=O. The van der Waals surface area contributed by atoms with Crippen molar-refractivity contribution in [3.63, 3.8) is 0 Å². The molecule has 0 aromatic carbocycles. The number of pyridine rings is 1. The molecule has 0 bridgehead atoms. The van der Waals surface area contributed by atoms with E-state index < -0.39 is 0 Å². The van der Waals surface area contributed by atoms with Gasteiger partial charge in [-0.05, 0) is 30.5 Å². The summed E-state index contributed by atoms with van der Waals surface area (Å²) in [6.07, 6.45) is 6.69. The van der Waals surface area contributed by atoms with E-state index in [-0.39, 0.29) is 11.2 Å². The van der Waals surface area contributed by atoms with Gasteiger partial charge in [0.2, 0.25) is 0 Å². The van der Waals surface area contributed by atoms with Crippen molar-refractivity contribution in [2.45, 2.75) is 26.8 Å². The Morgan fingerprint density at radius 3 is 2.91 bits per heavy atom. The van der Waals surface area contributed by atoms with Crippen LogP contribution in [0.3, 0.4) is 0 Å². The van der Waals surface area contributed by atoms with Crippen LogP contribution in [-0.2, 0) is 6.54 Å². The molecule has 4 heteroatoms. The van der Waals surface area contributed by atoms with E-state index in [1.54, 1.807) is 0 Å². The van der Waals surface area contributed by atoms with Gasteiger partial charge in [0.05, 0.1) is 5.69 Å². The summed E-state index contributed by atoms with van der Waals surface area (Å²) >= 11 is 0. The Morgan fingerprint density at radius 2 is 2.09 bits per heavy atom. The third-order valence-electron chi connectivity index (χ3n) is 4.42. The summed E-state index contributed by atoms with van der Waals surface area (Å²) in [5.41, 5.74) is 2.96. The molecule has 0 radical (unpaired) electrons. The van der Waals surface area contributed by atoms with E-state index in [0.29, 0.717) is 0 Å². The number of imidazole rings is 1. The zero-order chi connectivity index (χ0) is 16.0. The normalized spacial score (nSPS) is 16.0. The van der Waals surface area contributed by atoms with Crippen LogP contribution in [0.2, 0.25) is 0 Å². The van der Waals surface area contributed by atoms with E-state index in [1.807, 2.05) is 65.7 Å². The van der Waals surface area contributed by atoms with Crippen molar-refractivity contribution in [1.29, 1.82) is 0 Å². The Bertz CT molecular complexity index is 946. The first-order valence-electron chi connectivity index (χ1n) is 7.74. The fourth-order valence-electron chi connectivity index (χ4n) is 2.95. The number of aryl methyl sites for hydroxylation is 1. The van der Waals surface area contributed by atoms with Crippen LogP contribution in [0.1, 0.15) is 42.0 Å². The van der Waals surface area contributed by atoms with Crippen molar-refractivity contribution >= 4 is 11.4 Å². The number of carbonyl (C=O) groups is 1. The second kappa shape index (κ2) is 4.85. The fraction of sp³-hybridized carbons (Fsp3) is 0.263. The molecule has 0 fully saturated rings. The molecule has 114 valence electrons. The van der Waals surface area contributed by atoms with Crippen LogP contribution in [0.4, 0.5) is 0 Å². The topological polar surface area (TPSA) is 39.3 Å². The third-order valence-corrected chi connectivity index (χ3v) is 4.42. The van der Waals surface area contributed by atoms with Crippen LogP contribution in [-0.4, -0.2) is 19.7 Å². The smallest absolute Gasteiger partial charge is 0.184 e. The summed E-state index contributed by atoms with van der Waals surface area (Å²) < 4.78 is 3.96. The summed E-state index contributed by atoms with van der Waals surface area (Å²) in [6, 6.07) is 7.75. The number of Topliss-reactive ketones (excluding diaryl/α,β-unsaturated/α-hetero) is 1. The maximum atomic E-state index is 12.5. The Morgan fingerprint density at radius 1 is 1.22 bits per heavy atom. The van der Waals surface area contributed by atoms with Gasteiger partial charge in [-0.2, -0.15) is 0 Å². The maximum Gasteiger partial charge on any atom is 0.184 e. The standard InChI is InChI=1S/C19H17N3O/c1-19(2)8-10-21-12-14(11-16(21)18(19)23)6-7-15-13-22-9-4-3-5-17(22)20-15/h3-5,9,11-13H,8,10H2,1-2H3. The number of aromatic nitrogens is 3. The Labute approximate surface area is 134 Å². The van der Waals surface area contributed by atoms with Crippen LogP contribution >= 0.6 is 0 Å². The summed E-state index contributed by atoms with van der Waals surface area (Å²) in [5, 5.41) is 0. The van der Waals surface area contributed by atoms with Gasteiger partial charge in [-0.3, -0.25) is 4.79 Å². The lowest BCUT2D eigenvalue weighted by Crippen LogP contribution is -2.32. The van der Waals surface area contributed by atoms with Gasteiger partial charge >= 0.3 is 0 Å². The predicted molar refractivity (Wildman–Crippen MR) is 88.3 cm³/mol. The highest BCUT2D eigenvalue weighted by molar-refractivity contribution is 5.99. The van der Waals surface area contributed by atoms with Crippen molar-refractivity contribution in [2.75, 3.05) is 0 Å². The minimum atomic E-state index is -0.277. The first-order valence-corrected chi connectivity index (χ1v) is 7.74. The van der Waals surface area contributed by atoms with Gasteiger partial charge in [0, 0.05) is 36.1 Å². The van der Waals surface area contributed by atoms with E-state index in [2.05, 4.69) is 16.8 Å². The Balaban J connectivity index is 1.67. The van der Waals surface area contributed by atoms with Crippen LogP contribution in [0.15, 0.2) is 42.9 Å². The highest BCUT2D eigenvalue weighted by Crippen LogP contribution is 2.32. The molecule has 0 saturated heterocycles. The van der Waals surface area contributed by atoms with Crippen LogP contribution in [0.5, 0.6) is 0 Å². The molecule has 0 amide bonds. The molecule has 3 aromatic rings.